The quantitative estimate of drug-likeness (QED) is 0.0847. The Balaban J connectivity index is 1.41. The summed E-state index contributed by atoms with van der Waals surface area (Å²) in [7, 11) is -1.91. The van der Waals surface area contributed by atoms with Crippen LogP contribution in [0.25, 0.3) is 11.4 Å². The molecule has 0 bridgehead atoms. The van der Waals surface area contributed by atoms with Crippen molar-refractivity contribution in [2.75, 3.05) is 84.2 Å². The van der Waals surface area contributed by atoms with Crippen LogP contribution >= 0.6 is 7.44 Å². The number of benzene rings is 2. The highest BCUT2D eigenvalue weighted by Crippen LogP contribution is 2.35. The van der Waals surface area contributed by atoms with E-state index in [-0.39, 0.29) is 96.1 Å². The third-order valence-electron chi connectivity index (χ3n) is 10.2. The van der Waals surface area contributed by atoms with E-state index in [0.29, 0.717) is 35.6 Å². The molecule has 2 aliphatic rings. The Morgan fingerprint density at radius 1 is 0.787 bits per heavy atom. The number of rotatable bonds is 20. The zero-order valence-electron chi connectivity index (χ0n) is 35.3. The molecule has 3 amide bonds. The lowest BCUT2D eigenvalue weighted by molar-refractivity contribution is -0.143. The van der Waals surface area contributed by atoms with Gasteiger partial charge < -0.3 is 39.0 Å². The summed E-state index contributed by atoms with van der Waals surface area (Å²) >= 11 is 0. The lowest BCUT2D eigenvalue weighted by Crippen LogP contribution is -2.56. The lowest BCUT2D eigenvalue weighted by atomic mass is 10.0. The molecule has 0 unspecified atom stereocenters. The van der Waals surface area contributed by atoms with Crippen LogP contribution in [-0.4, -0.2) is 141 Å². The van der Waals surface area contributed by atoms with Crippen molar-refractivity contribution in [3.8, 4) is 11.4 Å². The van der Waals surface area contributed by atoms with Gasteiger partial charge in [0.15, 0.2) is 5.82 Å². The number of aromatic nitrogens is 2. The summed E-state index contributed by atoms with van der Waals surface area (Å²) in [6, 6.07) is 16.6. The summed E-state index contributed by atoms with van der Waals surface area (Å²) in [5, 5.41) is 9.23. The molecule has 2 atom stereocenters. The third-order valence-corrected chi connectivity index (χ3v) is 12.5. The second-order valence-corrected chi connectivity index (χ2v) is 16.7. The molecule has 2 aliphatic heterocycles. The number of nitrogens with zero attached hydrogens (tertiary/aromatic N) is 5. The monoisotopic (exact) mass is 864 g/mol. The first-order chi connectivity index (χ1) is 29.5. The van der Waals surface area contributed by atoms with Crippen LogP contribution in [0, 0.1) is 0 Å². The third kappa shape index (κ3) is 13.3. The number of nitrogens with one attached hydrogen (secondary N) is 3. The Labute approximate surface area is 356 Å². The molecule has 3 heterocycles. The van der Waals surface area contributed by atoms with E-state index in [0.717, 1.165) is 12.0 Å². The van der Waals surface area contributed by atoms with Gasteiger partial charge in [-0.1, -0.05) is 42.5 Å². The van der Waals surface area contributed by atoms with Gasteiger partial charge in [-0.25, -0.2) is 14.8 Å². The topological polar surface area (TPSA) is 211 Å². The number of methoxy groups -OCH3 is 1. The fourth-order valence-corrected chi connectivity index (χ4v) is 8.85. The van der Waals surface area contributed by atoms with Gasteiger partial charge in [-0.05, 0) is 44.9 Å². The van der Waals surface area contributed by atoms with Crippen molar-refractivity contribution in [2.24, 2.45) is 0 Å². The molecule has 1 aromatic heterocycles. The highest BCUT2D eigenvalue weighted by molar-refractivity contribution is 7.67. The Bertz CT molecular complexity index is 1970. The van der Waals surface area contributed by atoms with E-state index in [9.17, 15) is 28.5 Å². The molecule has 19 heteroatoms. The van der Waals surface area contributed by atoms with Crippen molar-refractivity contribution >= 4 is 48.4 Å². The number of ether oxygens (including phenoxy) is 4. The van der Waals surface area contributed by atoms with Crippen molar-refractivity contribution in [1.82, 2.24) is 35.3 Å². The number of hydrogen-bond donors (Lipinski definition) is 3. The van der Waals surface area contributed by atoms with E-state index in [1.54, 1.807) is 68.0 Å². The summed E-state index contributed by atoms with van der Waals surface area (Å²) in [4.78, 5) is 79.8. The van der Waals surface area contributed by atoms with E-state index in [4.69, 9.17) is 23.9 Å². The zero-order chi connectivity index (χ0) is 43.8. The van der Waals surface area contributed by atoms with Gasteiger partial charge >= 0.3 is 18.0 Å². The first-order valence-corrected chi connectivity index (χ1v) is 22.4. The van der Waals surface area contributed by atoms with Crippen LogP contribution in [-0.2, 0) is 44.3 Å². The molecular weight excluding hydrogens is 807 g/mol. The van der Waals surface area contributed by atoms with Gasteiger partial charge in [-0.3, -0.25) is 33.9 Å². The maximum absolute atomic E-state index is 14.4. The Kier molecular flexibility index (Phi) is 17.6. The number of piperazine rings is 1. The van der Waals surface area contributed by atoms with Gasteiger partial charge in [0.2, 0.25) is 13.4 Å². The largest absolute Gasteiger partial charge is 0.466 e. The van der Waals surface area contributed by atoms with Gasteiger partial charge in [0.05, 0.1) is 38.8 Å². The molecule has 18 nitrogen and oxygen atoms in total. The fraction of sp³-hybridized carbons (Fsp3) is 0.500. The van der Waals surface area contributed by atoms with Crippen LogP contribution < -0.4 is 25.7 Å². The van der Waals surface area contributed by atoms with Crippen LogP contribution in [0.4, 0.5) is 10.6 Å². The van der Waals surface area contributed by atoms with Crippen molar-refractivity contribution in [3.05, 3.63) is 71.9 Å². The molecule has 0 saturated carbocycles. The van der Waals surface area contributed by atoms with Gasteiger partial charge in [0, 0.05) is 82.8 Å². The molecule has 330 valence electrons. The first kappa shape index (κ1) is 46.6. The molecule has 2 aromatic carbocycles. The molecule has 0 radical (unpaired) electrons. The number of esters is 2. The molecule has 3 aromatic rings. The highest BCUT2D eigenvalue weighted by atomic mass is 31.2. The van der Waals surface area contributed by atoms with E-state index < -0.39 is 37.4 Å². The maximum atomic E-state index is 14.4. The second kappa shape index (κ2) is 23.0. The average molecular weight is 865 g/mol. The Morgan fingerprint density at radius 3 is 1.97 bits per heavy atom. The normalized spacial score (nSPS) is 15.9. The Morgan fingerprint density at radius 2 is 1.39 bits per heavy atom. The standard InChI is InChI=1S/C42H57N8O10P/c1-5-58-37(51)17-20-43-61(56,44-21-18-38(52)59-6-2)33-15-13-30(14-16-33)27-35(41(54)48-23-25-49(26-24-48)42(55)60-7-3)46-40(53)34-28-36(50-22-19-32(29-50)57-4)47-39(45-34)31-11-9-8-10-12-31/h8-16,28,32,35H,5-7,17-27,29H2,1-4H3,(H,46,53)(H2,43,44,56)/t32-,35-/m0/s1. The molecule has 0 aliphatic carbocycles. The van der Waals surface area contributed by atoms with E-state index in [2.05, 4.69) is 20.5 Å². The minimum Gasteiger partial charge on any atom is -0.466 e. The molecule has 61 heavy (non-hydrogen) atoms. The lowest BCUT2D eigenvalue weighted by Gasteiger charge is -2.36. The number of hydrogen-bond acceptors (Lipinski definition) is 13. The predicted octanol–water partition coefficient (Wildman–Crippen LogP) is 2.91. The molecule has 2 saturated heterocycles. The van der Waals surface area contributed by atoms with Gasteiger partial charge in [-0.2, -0.15) is 0 Å². The number of anilines is 1. The van der Waals surface area contributed by atoms with Crippen molar-refractivity contribution in [3.63, 3.8) is 0 Å². The van der Waals surface area contributed by atoms with E-state index >= 15 is 0 Å². The zero-order valence-corrected chi connectivity index (χ0v) is 36.2. The van der Waals surface area contributed by atoms with Crippen LogP contribution in [0.2, 0.25) is 0 Å². The van der Waals surface area contributed by atoms with E-state index in [1.807, 2.05) is 35.2 Å². The van der Waals surface area contributed by atoms with Crippen LogP contribution in [0.5, 0.6) is 0 Å². The van der Waals surface area contributed by atoms with Crippen LogP contribution in [0.15, 0.2) is 60.7 Å². The number of amides is 3. The van der Waals surface area contributed by atoms with Gasteiger partial charge in [0.1, 0.15) is 17.6 Å². The first-order valence-electron chi connectivity index (χ1n) is 20.7. The maximum Gasteiger partial charge on any atom is 0.409 e. The van der Waals surface area contributed by atoms with Crippen molar-refractivity contribution in [1.29, 1.82) is 0 Å². The highest BCUT2D eigenvalue weighted by Gasteiger charge is 2.33. The van der Waals surface area contributed by atoms with Crippen LogP contribution in [0.1, 0.15) is 56.1 Å². The van der Waals surface area contributed by atoms with Gasteiger partial charge in [-0.15, -0.1) is 0 Å². The summed E-state index contributed by atoms with van der Waals surface area (Å²) < 4.78 is 35.1. The summed E-state index contributed by atoms with van der Waals surface area (Å²) in [5.74, 6) is -0.919. The Hall–Kier alpha value is -5.42. The molecule has 3 N–H and O–H groups in total. The number of carbonyl (C=O) groups is 5. The number of carbonyl (C=O) groups excluding carboxylic acids is 5. The predicted molar refractivity (Wildman–Crippen MR) is 227 cm³/mol. The summed E-state index contributed by atoms with van der Waals surface area (Å²) in [6.07, 6.45) is 0.361. The smallest absolute Gasteiger partial charge is 0.409 e. The molecule has 2 fully saturated rings. The molecular formula is C42H57N8O10P. The molecule has 5 rings (SSSR count). The SMILES string of the molecule is CCOC(=O)CCNP(=O)(NCCC(=O)OCC)c1ccc(C[C@H](NC(=O)c2cc(N3CC[C@H](OC)C3)nc(-c3ccccc3)n2)C(=O)N2CCN(C(=O)OCC)CC2)cc1. The summed E-state index contributed by atoms with van der Waals surface area (Å²) in [6.45, 7) is 8.11. The van der Waals surface area contributed by atoms with Crippen molar-refractivity contribution < 1.29 is 47.5 Å². The second-order valence-electron chi connectivity index (χ2n) is 14.3. The minimum absolute atomic E-state index is 0.0137. The van der Waals surface area contributed by atoms with Crippen molar-refractivity contribution in [2.45, 2.75) is 58.6 Å². The molecule has 0 spiro atoms. The fourth-order valence-electron chi connectivity index (χ4n) is 6.95. The van der Waals surface area contributed by atoms with Gasteiger partial charge in [0.25, 0.3) is 5.91 Å². The summed E-state index contributed by atoms with van der Waals surface area (Å²) in [5.41, 5.74) is 1.44. The average Bonchev–Trinajstić information content (AvgIpc) is 3.76. The van der Waals surface area contributed by atoms with Crippen LogP contribution in [0.3, 0.4) is 0 Å². The minimum atomic E-state index is -3.58. The van der Waals surface area contributed by atoms with E-state index in [1.165, 1.54) is 0 Å².